The maximum Gasteiger partial charge on any atom is 0.338 e. The lowest BCUT2D eigenvalue weighted by atomic mass is 10.2. The Morgan fingerprint density at radius 3 is 2.55 bits per heavy atom. The number of hydrogen-bond donors (Lipinski definition) is 1. The van der Waals surface area contributed by atoms with Gasteiger partial charge in [-0.05, 0) is 18.2 Å². The predicted octanol–water partition coefficient (Wildman–Crippen LogP) is 1.16. The van der Waals surface area contributed by atoms with Crippen molar-refractivity contribution < 1.29 is 23.8 Å². The first-order valence-corrected chi connectivity index (χ1v) is 5.89. The van der Waals surface area contributed by atoms with Gasteiger partial charge >= 0.3 is 5.97 Å². The minimum absolute atomic E-state index is 0.277. The third-order valence-corrected chi connectivity index (χ3v) is 2.40. The third kappa shape index (κ3) is 4.31. The molecule has 0 unspecified atom stereocenters. The van der Waals surface area contributed by atoms with Gasteiger partial charge in [-0.25, -0.2) is 4.79 Å². The Labute approximate surface area is 117 Å². The van der Waals surface area contributed by atoms with Crippen LogP contribution in [0, 0.1) is 0 Å². The highest BCUT2D eigenvalue weighted by atomic mass is 16.5. The molecule has 0 aromatic heterocycles. The van der Waals surface area contributed by atoms with Crippen LogP contribution in [0.2, 0.25) is 0 Å². The molecule has 0 aliphatic carbocycles. The fourth-order valence-corrected chi connectivity index (χ4v) is 1.41. The van der Waals surface area contributed by atoms with E-state index < -0.39 is 11.9 Å². The quantitative estimate of drug-likeness (QED) is 0.599. The molecule has 0 aliphatic heterocycles. The van der Waals surface area contributed by atoms with Crippen LogP contribution >= 0.6 is 0 Å². The molecule has 0 atom stereocenters. The molecule has 0 bridgehead atoms. The van der Waals surface area contributed by atoms with Gasteiger partial charge in [0.1, 0.15) is 0 Å². The summed E-state index contributed by atoms with van der Waals surface area (Å²) in [6.45, 7) is 3.44. The van der Waals surface area contributed by atoms with Gasteiger partial charge in [0.05, 0.1) is 19.8 Å². The van der Waals surface area contributed by atoms with Crippen LogP contribution in [0.15, 0.2) is 30.9 Å². The highest BCUT2D eigenvalue weighted by Gasteiger charge is 2.13. The van der Waals surface area contributed by atoms with E-state index in [2.05, 4.69) is 11.9 Å². The lowest BCUT2D eigenvalue weighted by Crippen LogP contribution is -2.28. The van der Waals surface area contributed by atoms with E-state index in [1.165, 1.54) is 32.4 Å². The summed E-state index contributed by atoms with van der Waals surface area (Å²) in [7, 11) is 2.97. The summed E-state index contributed by atoms with van der Waals surface area (Å²) in [5, 5.41) is 2.50. The Morgan fingerprint density at radius 1 is 1.25 bits per heavy atom. The van der Waals surface area contributed by atoms with Gasteiger partial charge in [-0.15, -0.1) is 6.58 Å². The van der Waals surface area contributed by atoms with Gasteiger partial charge in [0.15, 0.2) is 18.1 Å². The molecule has 0 aliphatic rings. The molecule has 0 fully saturated rings. The van der Waals surface area contributed by atoms with Gasteiger partial charge in [-0.3, -0.25) is 4.79 Å². The number of carbonyl (C=O) groups is 2. The maximum atomic E-state index is 11.8. The molecule has 1 rings (SSSR count). The van der Waals surface area contributed by atoms with E-state index in [4.69, 9.17) is 14.2 Å². The van der Waals surface area contributed by atoms with Gasteiger partial charge in [-0.2, -0.15) is 0 Å². The summed E-state index contributed by atoms with van der Waals surface area (Å²) in [6, 6.07) is 4.61. The van der Waals surface area contributed by atoms with Crippen LogP contribution < -0.4 is 14.8 Å². The highest BCUT2D eigenvalue weighted by molar-refractivity contribution is 5.92. The Hall–Kier alpha value is -2.50. The van der Waals surface area contributed by atoms with Crippen molar-refractivity contribution in [1.29, 1.82) is 0 Å². The molecule has 0 radical (unpaired) electrons. The van der Waals surface area contributed by atoms with Crippen LogP contribution in [0.5, 0.6) is 11.5 Å². The second-order valence-corrected chi connectivity index (χ2v) is 3.74. The summed E-state index contributed by atoms with van der Waals surface area (Å²) in [5.74, 6) is -0.0794. The van der Waals surface area contributed by atoms with Crippen molar-refractivity contribution in [3.05, 3.63) is 36.4 Å². The molecular formula is C14H17NO5. The third-order valence-electron chi connectivity index (χ3n) is 2.40. The number of ether oxygens (including phenoxy) is 3. The molecule has 0 spiro atoms. The van der Waals surface area contributed by atoms with Crippen LogP contribution in [-0.4, -0.2) is 39.2 Å². The number of rotatable bonds is 7. The number of carbonyl (C=O) groups excluding carboxylic acids is 2. The fraction of sp³-hybridized carbons (Fsp3) is 0.286. The minimum Gasteiger partial charge on any atom is -0.493 e. The smallest absolute Gasteiger partial charge is 0.338 e. The summed E-state index contributed by atoms with van der Waals surface area (Å²) in [6.07, 6.45) is 1.54. The van der Waals surface area contributed by atoms with Gasteiger partial charge in [0.2, 0.25) is 0 Å². The molecule has 0 saturated heterocycles. The van der Waals surface area contributed by atoms with Crippen molar-refractivity contribution >= 4 is 11.9 Å². The molecule has 20 heavy (non-hydrogen) atoms. The molecular weight excluding hydrogens is 262 g/mol. The fourth-order valence-electron chi connectivity index (χ4n) is 1.41. The van der Waals surface area contributed by atoms with Crippen LogP contribution in [-0.2, 0) is 9.53 Å². The molecule has 0 heterocycles. The van der Waals surface area contributed by atoms with E-state index in [-0.39, 0.29) is 12.2 Å². The number of methoxy groups -OCH3 is 2. The SMILES string of the molecule is C=CCNC(=O)COC(=O)c1ccc(OC)c(OC)c1. The van der Waals surface area contributed by atoms with Gasteiger partial charge in [0, 0.05) is 6.54 Å². The summed E-state index contributed by atoms with van der Waals surface area (Å²) in [4.78, 5) is 23.1. The number of hydrogen-bond acceptors (Lipinski definition) is 5. The number of esters is 1. The van der Waals surface area contributed by atoms with Gasteiger partial charge in [-0.1, -0.05) is 6.08 Å². The first kappa shape index (κ1) is 15.6. The average Bonchev–Trinajstić information content (AvgIpc) is 2.49. The first-order valence-electron chi connectivity index (χ1n) is 5.89. The minimum atomic E-state index is -0.611. The average molecular weight is 279 g/mol. The highest BCUT2D eigenvalue weighted by Crippen LogP contribution is 2.27. The summed E-state index contributed by atoms with van der Waals surface area (Å²) in [5.41, 5.74) is 0.277. The molecule has 0 saturated carbocycles. The Kier molecular flexibility index (Phi) is 6.09. The summed E-state index contributed by atoms with van der Waals surface area (Å²) >= 11 is 0. The van der Waals surface area contributed by atoms with Gasteiger partial charge in [0.25, 0.3) is 5.91 Å². The predicted molar refractivity (Wildman–Crippen MR) is 73.0 cm³/mol. The Bertz CT molecular complexity index is 498. The van der Waals surface area contributed by atoms with Crippen molar-refractivity contribution in [2.24, 2.45) is 0 Å². The number of nitrogens with one attached hydrogen (secondary N) is 1. The number of amides is 1. The molecule has 1 amide bonds. The zero-order valence-electron chi connectivity index (χ0n) is 11.5. The van der Waals surface area contributed by atoms with E-state index >= 15 is 0 Å². The van der Waals surface area contributed by atoms with E-state index in [0.29, 0.717) is 18.0 Å². The van der Waals surface area contributed by atoms with Crippen LogP contribution in [0.3, 0.4) is 0 Å². The van der Waals surface area contributed by atoms with Gasteiger partial charge < -0.3 is 19.5 Å². The van der Waals surface area contributed by atoms with E-state index in [1.54, 1.807) is 6.07 Å². The molecule has 6 heteroatoms. The second kappa shape index (κ2) is 7.83. The first-order chi connectivity index (χ1) is 9.62. The monoisotopic (exact) mass is 279 g/mol. The van der Waals surface area contributed by atoms with E-state index in [1.807, 2.05) is 0 Å². The van der Waals surface area contributed by atoms with Crippen LogP contribution in [0.1, 0.15) is 10.4 Å². The maximum absolute atomic E-state index is 11.8. The van der Waals surface area contributed by atoms with Crippen molar-refractivity contribution in [2.45, 2.75) is 0 Å². The van der Waals surface area contributed by atoms with Crippen molar-refractivity contribution in [1.82, 2.24) is 5.32 Å². The molecule has 6 nitrogen and oxygen atoms in total. The molecule has 108 valence electrons. The van der Waals surface area contributed by atoms with Crippen LogP contribution in [0.4, 0.5) is 0 Å². The topological polar surface area (TPSA) is 73.9 Å². The number of benzene rings is 1. The van der Waals surface area contributed by atoms with Crippen LogP contribution in [0.25, 0.3) is 0 Å². The lowest BCUT2D eigenvalue weighted by molar-refractivity contribution is -0.124. The normalized spacial score (nSPS) is 9.50. The molecule has 1 N–H and O–H groups in total. The summed E-state index contributed by atoms with van der Waals surface area (Å²) < 4.78 is 15.0. The van der Waals surface area contributed by atoms with Crippen molar-refractivity contribution in [3.8, 4) is 11.5 Å². The molecule has 1 aromatic carbocycles. The Balaban J connectivity index is 2.63. The van der Waals surface area contributed by atoms with Crippen molar-refractivity contribution in [3.63, 3.8) is 0 Å². The van der Waals surface area contributed by atoms with Crippen molar-refractivity contribution in [2.75, 3.05) is 27.4 Å². The second-order valence-electron chi connectivity index (χ2n) is 3.74. The standard InChI is InChI=1S/C14H17NO5/c1-4-7-15-13(16)9-20-14(17)10-5-6-11(18-2)12(8-10)19-3/h4-6,8H,1,7,9H2,2-3H3,(H,15,16). The molecule has 1 aromatic rings. The largest absolute Gasteiger partial charge is 0.493 e. The van der Waals surface area contributed by atoms with E-state index in [0.717, 1.165) is 0 Å². The lowest BCUT2D eigenvalue weighted by Gasteiger charge is -2.09. The zero-order chi connectivity index (χ0) is 15.0. The Morgan fingerprint density at radius 2 is 1.95 bits per heavy atom. The zero-order valence-corrected chi connectivity index (χ0v) is 11.5. The van der Waals surface area contributed by atoms with E-state index in [9.17, 15) is 9.59 Å².